The van der Waals surface area contributed by atoms with E-state index in [4.69, 9.17) is 19.9 Å². The summed E-state index contributed by atoms with van der Waals surface area (Å²) < 4.78 is 17.8. The number of hydrogen-bond acceptors (Lipinski definition) is 16. The van der Waals surface area contributed by atoms with Crippen molar-refractivity contribution in [3.63, 3.8) is 0 Å². The fraction of sp³-hybridized carbons (Fsp3) is 0.630. The van der Waals surface area contributed by atoms with Gasteiger partial charge in [-0.3, -0.25) is 19.2 Å². The number of thiazole rings is 1. The monoisotopic (exact) mass is 715 g/mol. The molecule has 0 radical (unpaired) electrons. The number of carbonyl (C=O) groups is 4. The van der Waals surface area contributed by atoms with Gasteiger partial charge in [-0.2, -0.15) is 0 Å². The van der Waals surface area contributed by atoms with Crippen molar-refractivity contribution < 1.29 is 38.1 Å². The molecule has 1 aliphatic carbocycles. The fourth-order valence-electron chi connectivity index (χ4n) is 5.18. The molecule has 258 valence electrons. The van der Waals surface area contributed by atoms with Gasteiger partial charge >= 0.3 is 12.1 Å². The molecule has 16 nitrogen and oxygen atoms in total. The molecule has 0 aromatic carbocycles. The number of tetrazole rings is 1. The van der Waals surface area contributed by atoms with E-state index in [0.717, 1.165) is 38.6 Å². The van der Waals surface area contributed by atoms with Crippen LogP contribution in [0.1, 0.15) is 44.7 Å². The first-order valence-electron chi connectivity index (χ1n) is 14.9. The summed E-state index contributed by atoms with van der Waals surface area (Å²) in [5, 5.41) is 16.8. The van der Waals surface area contributed by atoms with E-state index in [0.29, 0.717) is 33.9 Å². The van der Waals surface area contributed by atoms with Gasteiger partial charge in [0.15, 0.2) is 5.13 Å². The number of carbonyl (C=O) groups excluding carboxylic acids is 4. The van der Waals surface area contributed by atoms with Gasteiger partial charge in [0.05, 0.1) is 18.7 Å². The van der Waals surface area contributed by atoms with Crippen molar-refractivity contribution in [2.75, 3.05) is 37.9 Å². The number of amides is 2. The maximum absolute atomic E-state index is 13.6. The van der Waals surface area contributed by atoms with Crippen LogP contribution >= 0.6 is 34.9 Å². The summed E-state index contributed by atoms with van der Waals surface area (Å²) >= 11 is 3.97. The molecule has 1 saturated carbocycles. The predicted octanol–water partition coefficient (Wildman–Crippen LogP) is 1.79. The van der Waals surface area contributed by atoms with Crippen molar-refractivity contribution in [1.29, 1.82) is 0 Å². The van der Waals surface area contributed by atoms with E-state index < -0.39 is 35.7 Å². The van der Waals surface area contributed by atoms with E-state index in [1.165, 1.54) is 46.7 Å². The number of likely N-dealkylation sites (N-methyl/N-ethyl adjacent to an activating group) is 1. The minimum absolute atomic E-state index is 0. The van der Waals surface area contributed by atoms with E-state index in [9.17, 15) is 19.2 Å². The van der Waals surface area contributed by atoms with Crippen LogP contribution in [0.25, 0.3) is 0 Å². The lowest BCUT2D eigenvalue weighted by molar-refractivity contribution is -0.170. The summed E-state index contributed by atoms with van der Waals surface area (Å²) in [6, 6.07) is -0.844. The number of nitrogens with one attached hydrogen (secondary N) is 1. The zero-order valence-corrected chi connectivity index (χ0v) is 28.6. The van der Waals surface area contributed by atoms with Crippen LogP contribution in [0.3, 0.4) is 0 Å². The first-order valence-corrected chi connectivity index (χ1v) is 17.8. The topological polar surface area (TPSA) is 197 Å². The Morgan fingerprint density at radius 3 is 2.68 bits per heavy atom. The maximum Gasteiger partial charge on any atom is 0.511 e. The number of esters is 1. The molecule has 5 rings (SSSR count). The smallest absolute Gasteiger partial charge is 0.431 e. The molecule has 0 bridgehead atoms. The summed E-state index contributed by atoms with van der Waals surface area (Å²) in [5.74, 6) is -1.01. The Labute approximate surface area is 282 Å². The van der Waals surface area contributed by atoms with Gasteiger partial charge in [-0.1, -0.05) is 18.2 Å². The number of hydrogen-bond donors (Lipinski definition) is 2. The highest BCUT2D eigenvalue weighted by molar-refractivity contribution is 8.01. The first-order chi connectivity index (χ1) is 22.1. The van der Waals surface area contributed by atoms with Gasteiger partial charge in [0, 0.05) is 30.4 Å². The van der Waals surface area contributed by atoms with Gasteiger partial charge in [0.25, 0.3) is 5.91 Å². The van der Waals surface area contributed by atoms with Crippen molar-refractivity contribution >= 4 is 63.9 Å². The quantitative estimate of drug-likeness (QED) is 0.132. The molecule has 47 heavy (non-hydrogen) atoms. The molecular weight excluding hydrogens is 678 g/mol. The molecule has 4 heterocycles. The lowest BCUT2D eigenvalue weighted by atomic mass is 9.98. The van der Waals surface area contributed by atoms with Crippen molar-refractivity contribution in [2.45, 2.75) is 81.0 Å². The van der Waals surface area contributed by atoms with E-state index >= 15 is 0 Å². The Kier molecular flexibility index (Phi) is 12.8. The third-order valence-corrected chi connectivity index (χ3v) is 10.6. The Morgan fingerprint density at radius 1 is 1.21 bits per heavy atom. The molecular formula is C27H38FN9O7S3. The minimum Gasteiger partial charge on any atom is -0.431 e. The fourth-order valence-corrected chi connectivity index (χ4v) is 8.13. The number of thioether (sulfide) groups is 2. The highest BCUT2D eigenvalue weighted by Gasteiger charge is 2.54. The normalized spacial score (nSPS) is 20.2. The Hall–Kier alpha value is -3.49. The van der Waals surface area contributed by atoms with Crippen LogP contribution < -0.4 is 11.1 Å². The molecule has 3 N–H and O–H groups in total. The summed E-state index contributed by atoms with van der Waals surface area (Å²) in [7, 11) is 3.90. The first kappa shape index (κ1) is 36.3. The molecule has 0 spiro atoms. The molecule has 2 fully saturated rings. The maximum atomic E-state index is 13.6. The van der Waals surface area contributed by atoms with Crippen LogP contribution in [0.2, 0.25) is 0 Å². The SMILES string of the molecule is CC(OC(=O)OC1CCCCC1)OC(=O)C1=C(CSc2nnnn2CCN(C)C)CS[C@@H]2[C@H](NC(=O)Cc3csc(N)n3)C(=O)N12.F. The average molecular weight is 716 g/mol. The van der Waals surface area contributed by atoms with Gasteiger partial charge in [0.2, 0.25) is 17.4 Å². The third-order valence-electron chi connectivity index (χ3n) is 7.45. The van der Waals surface area contributed by atoms with Crippen LogP contribution in [0.5, 0.6) is 0 Å². The molecule has 3 aliphatic rings. The largest absolute Gasteiger partial charge is 0.511 e. The number of aromatic nitrogens is 5. The second-order valence-electron chi connectivity index (χ2n) is 11.3. The lowest BCUT2D eigenvalue weighted by Gasteiger charge is -2.49. The number of halogens is 1. The van der Waals surface area contributed by atoms with Crippen LogP contribution in [-0.2, 0) is 41.6 Å². The molecule has 2 amide bonds. The Bertz CT molecular complexity index is 1470. The van der Waals surface area contributed by atoms with Gasteiger partial charge in [0.1, 0.15) is 23.2 Å². The van der Waals surface area contributed by atoms with Gasteiger partial charge < -0.3 is 30.2 Å². The number of anilines is 1. The van der Waals surface area contributed by atoms with Gasteiger partial charge in [-0.05, 0) is 55.8 Å². The van der Waals surface area contributed by atoms with E-state index in [1.807, 2.05) is 19.0 Å². The second-order valence-corrected chi connectivity index (χ2v) is 14.2. The molecule has 1 saturated heterocycles. The van der Waals surface area contributed by atoms with Crippen molar-refractivity contribution in [2.24, 2.45) is 0 Å². The van der Waals surface area contributed by atoms with Crippen LogP contribution in [0, 0.1) is 0 Å². The number of ether oxygens (including phenoxy) is 3. The number of rotatable bonds is 13. The van der Waals surface area contributed by atoms with Crippen LogP contribution in [0.4, 0.5) is 14.6 Å². The molecule has 2 aromatic rings. The van der Waals surface area contributed by atoms with E-state index in [2.05, 4.69) is 25.8 Å². The van der Waals surface area contributed by atoms with Crippen LogP contribution in [0.15, 0.2) is 21.8 Å². The molecule has 20 heteroatoms. The average Bonchev–Trinajstić information content (AvgIpc) is 3.65. The number of β-lactam (4-membered cyclic amide) rings is 1. The van der Waals surface area contributed by atoms with Crippen molar-refractivity contribution in [1.82, 2.24) is 40.3 Å². The highest BCUT2D eigenvalue weighted by Crippen LogP contribution is 2.42. The second kappa shape index (κ2) is 16.6. The van der Waals surface area contributed by atoms with Crippen LogP contribution in [-0.4, -0.2) is 115 Å². The number of nitrogen functional groups attached to an aromatic ring is 1. The molecule has 1 unspecified atom stereocenters. The molecule has 2 aromatic heterocycles. The van der Waals surface area contributed by atoms with E-state index in [-0.39, 0.29) is 34.6 Å². The zero-order chi connectivity index (χ0) is 32.8. The van der Waals surface area contributed by atoms with Gasteiger partial charge in [-0.15, -0.1) is 28.2 Å². The van der Waals surface area contributed by atoms with Gasteiger partial charge in [-0.25, -0.2) is 19.3 Å². The molecule has 2 aliphatic heterocycles. The van der Waals surface area contributed by atoms with E-state index in [1.54, 1.807) is 10.1 Å². The highest BCUT2D eigenvalue weighted by atomic mass is 32.2. The summed E-state index contributed by atoms with van der Waals surface area (Å²) in [6.45, 7) is 2.70. The number of fused-ring (bicyclic) bond motifs is 1. The summed E-state index contributed by atoms with van der Waals surface area (Å²) in [6.07, 6.45) is 2.14. The van der Waals surface area contributed by atoms with Crippen molar-refractivity contribution in [3.8, 4) is 0 Å². The Balaban J connectivity index is 0.00000500. The summed E-state index contributed by atoms with van der Waals surface area (Å²) in [5.41, 5.74) is 6.83. The minimum atomic E-state index is -1.27. The lowest BCUT2D eigenvalue weighted by Crippen LogP contribution is -2.70. The zero-order valence-electron chi connectivity index (χ0n) is 26.2. The van der Waals surface area contributed by atoms with Crippen molar-refractivity contribution in [3.05, 3.63) is 22.3 Å². The standard InChI is InChI=1S/C27H37N9O7S3.FH/c1-15(42-27(40)43-18-7-5-4-6-8-18)41-24(39)21-16(13-46-26-31-32-33-35(26)10-9-34(2)3)12-44-23-20(22(38)36(21)23)30-19(37)11-17-14-45-25(28)29-17;/h14-15,18,20,23H,4-13H2,1-3H3,(H2,28,29)(H,30,37);1H/t15?,20-,23-;/m1./s1. The number of nitrogens with two attached hydrogens (primary N) is 1. The Morgan fingerprint density at radius 2 is 1.98 bits per heavy atom. The molecule has 3 atom stereocenters. The number of nitrogens with zero attached hydrogens (tertiary/aromatic N) is 7. The third kappa shape index (κ3) is 9.32. The predicted molar refractivity (Wildman–Crippen MR) is 172 cm³/mol. The summed E-state index contributed by atoms with van der Waals surface area (Å²) in [4.78, 5) is 59.6.